The molecule has 0 N–H and O–H groups in total. The molecule has 0 saturated heterocycles. The van der Waals surface area contributed by atoms with Gasteiger partial charge in [-0.05, 0) is 119 Å². The number of unbranched alkanes of at least 4 members (excludes halogenated alkanes) is 1. The summed E-state index contributed by atoms with van der Waals surface area (Å²) in [4.78, 5) is 28.5. The summed E-state index contributed by atoms with van der Waals surface area (Å²) in [6.07, 6.45) is -0.795. The van der Waals surface area contributed by atoms with Gasteiger partial charge in [0.2, 0.25) is 0 Å². The fraction of sp³-hybridized carbons (Fsp3) is 0.412. The monoisotopic (exact) mass is 675 g/mol. The van der Waals surface area contributed by atoms with Crippen LogP contribution in [0.5, 0.6) is 11.5 Å². The molecule has 0 heterocycles. The van der Waals surface area contributed by atoms with Crippen LogP contribution in [-0.4, -0.2) is 51.8 Å². The van der Waals surface area contributed by atoms with E-state index < -0.39 is 43.9 Å². The van der Waals surface area contributed by atoms with E-state index in [1.165, 1.54) is 0 Å². The quantitative estimate of drug-likeness (QED) is 0.144. The minimum atomic E-state index is -4.13. The van der Waals surface area contributed by atoms with Crippen molar-refractivity contribution < 1.29 is 40.6 Å². The summed E-state index contributed by atoms with van der Waals surface area (Å²) in [5.74, 6) is 0.0458. The molecule has 0 fully saturated rings. The SMILES string of the molecule is CCCCS(=O)(=O)OS(c1ccc(N(C)C)cc1)(c1cccc(OC(=O)OC(C)(C)C)c1)c1cccc(OC(=O)OC(C)(C)C)c1. The second-order valence-electron chi connectivity index (χ2n) is 12.7. The third-order valence-electron chi connectivity index (χ3n) is 6.09. The zero-order chi connectivity index (χ0) is 34.3. The molecule has 10 nitrogen and oxygen atoms in total. The van der Waals surface area contributed by atoms with E-state index in [2.05, 4.69) is 0 Å². The Morgan fingerprint density at radius 3 is 1.54 bits per heavy atom. The van der Waals surface area contributed by atoms with E-state index in [4.69, 9.17) is 22.6 Å². The number of hydrogen-bond acceptors (Lipinski definition) is 10. The maximum atomic E-state index is 13.7. The molecule has 0 radical (unpaired) electrons. The van der Waals surface area contributed by atoms with E-state index in [1.807, 2.05) is 50.2 Å². The third-order valence-corrected chi connectivity index (χ3v) is 11.3. The van der Waals surface area contributed by atoms with E-state index >= 15 is 0 Å². The second-order valence-corrected chi connectivity index (χ2v) is 17.3. The van der Waals surface area contributed by atoms with Crippen molar-refractivity contribution in [1.82, 2.24) is 0 Å². The van der Waals surface area contributed by atoms with Gasteiger partial charge < -0.3 is 23.8 Å². The predicted molar refractivity (Wildman–Crippen MR) is 180 cm³/mol. The summed E-state index contributed by atoms with van der Waals surface area (Å²) in [6.45, 7) is 12.2. The molecule has 3 rings (SSSR count). The minimum Gasteiger partial charge on any atom is -0.428 e. The summed E-state index contributed by atoms with van der Waals surface area (Å²) in [7, 11) is -3.45. The fourth-order valence-corrected chi connectivity index (χ4v) is 9.68. The van der Waals surface area contributed by atoms with Gasteiger partial charge in [0.15, 0.2) is 0 Å². The molecule has 3 aromatic rings. The molecule has 0 aliphatic rings. The normalized spacial score (nSPS) is 12.6. The largest absolute Gasteiger partial charge is 0.514 e. The van der Waals surface area contributed by atoms with E-state index in [1.54, 1.807) is 90.1 Å². The smallest absolute Gasteiger partial charge is 0.428 e. The maximum absolute atomic E-state index is 13.7. The first-order chi connectivity index (χ1) is 21.3. The Balaban J connectivity index is 2.31. The summed E-state index contributed by atoms with van der Waals surface area (Å²) >= 11 is 0. The number of anilines is 1. The van der Waals surface area contributed by atoms with Crippen LogP contribution in [0.15, 0.2) is 87.5 Å². The van der Waals surface area contributed by atoms with E-state index in [0.29, 0.717) is 27.5 Å². The number of nitrogens with zero attached hydrogens (tertiary/aromatic N) is 1. The number of carbonyl (C=O) groups is 2. The van der Waals surface area contributed by atoms with Crippen molar-refractivity contribution in [3.8, 4) is 11.5 Å². The number of hydrogen-bond donors (Lipinski definition) is 0. The Kier molecular flexibility index (Phi) is 11.8. The molecule has 3 aromatic carbocycles. The standard InChI is InChI=1S/C34H45NO9S2/c1-10-11-22-45(38,39)44-46(28-20-18-25(19-21-28)35(8)9,29-16-12-14-26(23-29)40-31(36)42-33(2,3)4)30-17-13-15-27(24-30)41-32(37)43-34(5,6)7/h12-21,23-24H,10-11,22H2,1-9H3. The number of carbonyl (C=O) groups excluding carboxylic acids is 2. The highest BCUT2D eigenvalue weighted by molar-refractivity contribution is 8.33. The fourth-order valence-electron chi connectivity index (χ4n) is 4.14. The van der Waals surface area contributed by atoms with Crippen LogP contribution < -0.4 is 14.4 Å². The van der Waals surface area contributed by atoms with Gasteiger partial charge in [0.05, 0.1) is 5.75 Å². The van der Waals surface area contributed by atoms with Crippen molar-refractivity contribution in [1.29, 1.82) is 0 Å². The van der Waals surface area contributed by atoms with Crippen molar-refractivity contribution >= 4 is 38.4 Å². The van der Waals surface area contributed by atoms with Crippen molar-refractivity contribution in [3.63, 3.8) is 0 Å². The number of benzene rings is 3. The molecular weight excluding hydrogens is 631 g/mol. The zero-order valence-corrected chi connectivity index (χ0v) is 29.6. The zero-order valence-electron chi connectivity index (χ0n) is 28.0. The van der Waals surface area contributed by atoms with Crippen LogP contribution in [0.1, 0.15) is 61.3 Å². The van der Waals surface area contributed by atoms with E-state index in [9.17, 15) is 18.0 Å². The van der Waals surface area contributed by atoms with Crippen LogP contribution in [0.2, 0.25) is 0 Å². The summed E-state index contributed by atoms with van der Waals surface area (Å²) < 4.78 is 55.5. The Morgan fingerprint density at radius 1 is 0.696 bits per heavy atom. The van der Waals surface area contributed by atoms with Gasteiger partial charge in [0.1, 0.15) is 22.7 Å². The summed E-state index contributed by atoms with van der Waals surface area (Å²) in [5.41, 5.74) is -0.693. The number of rotatable bonds is 11. The molecule has 0 bridgehead atoms. The molecule has 0 amide bonds. The molecule has 0 aromatic heterocycles. The molecular formula is C34H45NO9S2. The first kappa shape index (κ1) is 36.7. The van der Waals surface area contributed by atoms with Gasteiger partial charge in [0.25, 0.3) is 10.1 Å². The van der Waals surface area contributed by atoms with Crippen LogP contribution in [0.3, 0.4) is 0 Å². The van der Waals surface area contributed by atoms with Gasteiger partial charge in [-0.3, -0.25) is 0 Å². The first-order valence-corrected chi connectivity index (χ1v) is 18.0. The topological polar surface area (TPSA) is 118 Å². The molecule has 0 spiro atoms. The van der Waals surface area contributed by atoms with Gasteiger partial charge in [0, 0.05) is 34.5 Å². The third kappa shape index (κ3) is 10.4. The molecule has 46 heavy (non-hydrogen) atoms. The molecule has 0 aliphatic heterocycles. The summed E-state index contributed by atoms with van der Waals surface area (Å²) in [6, 6.07) is 20.3. The lowest BCUT2D eigenvalue weighted by atomic mass is 10.2. The molecule has 0 aliphatic carbocycles. The molecule has 12 heteroatoms. The molecule has 0 saturated carbocycles. The Labute approximate surface area is 274 Å². The highest BCUT2D eigenvalue weighted by atomic mass is 32.3. The van der Waals surface area contributed by atoms with Crippen LogP contribution >= 0.6 is 10.3 Å². The van der Waals surface area contributed by atoms with Gasteiger partial charge in [-0.2, -0.15) is 8.42 Å². The molecule has 252 valence electrons. The lowest BCUT2D eigenvalue weighted by molar-refractivity contribution is 0.0192. The van der Waals surface area contributed by atoms with Crippen LogP contribution in [-0.2, 0) is 23.2 Å². The highest BCUT2D eigenvalue weighted by Gasteiger charge is 2.38. The lowest BCUT2D eigenvalue weighted by Crippen LogP contribution is -2.26. The first-order valence-electron chi connectivity index (χ1n) is 14.9. The van der Waals surface area contributed by atoms with Gasteiger partial charge >= 0.3 is 12.3 Å². The van der Waals surface area contributed by atoms with Crippen molar-refractivity contribution in [2.45, 2.75) is 87.2 Å². The van der Waals surface area contributed by atoms with E-state index in [-0.39, 0.29) is 17.3 Å². The second kappa shape index (κ2) is 14.8. The average molecular weight is 676 g/mol. The maximum Gasteiger partial charge on any atom is 0.514 e. The van der Waals surface area contributed by atoms with Gasteiger partial charge in [-0.1, -0.05) is 25.5 Å². The van der Waals surface area contributed by atoms with Gasteiger partial charge in [-0.25, -0.2) is 13.2 Å². The van der Waals surface area contributed by atoms with E-state index in [0.717, 1.165) is 5.69 Å². The minimum absolute atomic E-state index is 0.129. The molecule has 0 unspecified atom stereocenters. The molecule has 0 atom stereocenters. The van der Waals surface area contributed by atoms with Crippen molar-refractivity contribution in [3.05, 3.63) is 72.8 Å². The Morgan fingerprint density at radius 2 is 1.15 bits per heavy atom. The van der Waals surface area contributed by atoms with Crippen LogP contribution in [0.4, 0.5) is 15.3 Å². The van der Waals surface area contributed by atoms with Crippen LogP contribution in [0.25, 0.3) is 0 Å². The van der Waals surface area contributed by atoms with Crippen molar-refractivity contribution in [2.24, 2.45) is 0 Å². The Hall–Kier alpha value is -3.74. The number of ether oxygens (including phenoxy) is 4. The Bertz CT molecular complexity index is 1530. The van der Waals surface area contributed by atoms with Crippen molar-refractivity contribution in [2.75, 3.05) is 24.7 Å². The van der Waals surface area contributed by atoms with Crippen LogP contribution in [0, 0.1) is 0 Å². The predicted octanol–water partition coefficient (Wildman–Crippen LogP) is 8.72. The highest BCUT2D eigenvalue weighted by Crippen LogP contribution is 2.70. The summed E-state index contributed by atoms with van der Waals surface area (Å²) in [5, 5.41) is 0. The lowest BCUT2D eigenvalue weighted by Gasteiger charge is -2.39. The average Bonchev–Trinajstić information content (AvgIpc) is 2.93. The van der Waals surface area contributed by atoms with Gasteiger partial charge in [-0.15, -0.1) is 0 Å².